The Balaban J connectivity index is 2.11. The number of aldehydes is 1. The van der Waals surface area contributed by atoms with Crippen LogP contribution in [-0.4, -0.2) is 39.5 Å². The van der Waals surface area contributed by atoms with E-state index in [9.17, 15) is 4.79 Å². The van der Waals surface area contributed by atoms with E-state index in [-0.39, 0.29) is 0 Å². The van der Waals surface area contributed by atoms with E-state index in [0.29, 0.717) is 0 Å². The molecule has 0 spiro atoms. The van der Waals surface area contributed by atoms with Gasteiger partial charge in [0, 0.05) is 11.3 Å². The highest BCUT2D eigenvalue weighted by Gasteiger charge is 2.16. The number of carbonyl (C=O) groups excluding carboxylic acids is 1. The summed E-state index contributed by atoms with van der Waals surface area (Å²) in [5.41, 5.74) is 1.94. The van der Waals surface area contributed by atoms with Crippen molar-refractivity contribution in [1.29, 1.82) is 0 Å². The Hall–Kier alpha value is -1.35. The Labute approximate surface area is 90.3 Å². The number of quaternary nitrogens is 1. The topological polar surface area (TPSA) is 24.8 Å². The van der Waals surface area contributed by atoms with Gasteiger partial charge in [0.1, 0.15) is 6.29 Å². The molecule has 1 heterocycles. The van der Waals surface area contributed by atoms with Crippen molar-refractivity contribution in [3.8, 4) is 0 Å². The Kier molecular flexibility index (Phi) is 3.02. The van der Waals surface area contributed by atoms with E-state index in [0.717, 1.165) is 24.9 Å². The minimum atomic E-state index is 0.763. The van der Waals surface area contributed by atoms with E-state index in [1.54, 1.807) is 4.90 Å². The Morgan fingerprint density at radius 3 is 2.73 bits per heavy atom. The summed E-state index contributed by atoms with van der Waals surface area (Å²) >= 11 is 0. The highest BCUT2D eigenvalue weighted by atomic mass is 16.1. The van der Waals surface area contributed by atoms with E-state index >= 15 is 0 Å². The van der Waals surface area contributed by atoms with Crippen molar-refractivity contribution in [3.05, 3.63) is 29.8 Å². The van der Waals surface area contributed by atoms with Crippen LogP contribution >= 0.6 is 0 Å². The number of anilines is 1. The highest BCUT2D eigenvalue weighted by molar-refractivity contribution is 5.77. The Morgan fingerprint density at radius 2 is 2.07 bits per heavy atom. The number of benzene rings is 1. The number of nitrogens with zero attached hydrogens (tertiary/aromatic N) is 1. The fourth-order valence-electron chi connectivity index (χ4n) is 1.94. The number of rotatable bonds is 2. The Morgan fingerprint density at radius 1 is 1.33 bits per heavy atom. The van der Waals surface area contributed by atoms with Crippen LogP contribution in [0.5, 0.6) is 0 Å². The van der Waals surface area contributed by atoms with Crippen molar-refractivity contribution in [2.75, 3.05) is 38.1 Å². The van der Waals surface area contributed by atoms with E-state index in [4.69, 9.17) is 0 Å². The van der Waals surface area contributed by atoms with E-state index in [1.807, 2.05) is 18.2 Å². The zero-order chi connectivity index (χ0) is 10.7. The van der Waals surface area contributed by atoms with Crippen molar-refractivity contribution < 1.29 is 9.69 Å². The lowest BCUT2D eigenvalue weighted by Crippen LogP contribution is -3.12. The molecule has 1 aliphatic heterocycles. The summed E-state index contributed by atoms with van der Waals surface area (Å²) in [5.74, 6) is 0. The van der Waals surface area contributed by atoms with Crippen LogP contribution in [0.15, 0.2) is 24.3 Å². The Bertz CT molecular complexity index is 343. The van der Waals surface area contributed by atoms with Crippen molar-refractivity contribution in [2.24, 2.45) is 0 Å². The standard InChI is InChI=1S/C12H16N2O/c1-13-5-7-14(8-6-13)12-4-2-3-11(9-12)10-15/h2-4,9-10H,5-8H2,1H3/p+1. The summed E-state index contributed by atoms with van der Waals surface area (Å²) in [4.78, 5) is 14.6. The van der Waals surface area contributed by atoms with Crippen molar-refractivity contribution >= 4 is 12.0 Å². The molecule has 80 valence electrons. The van der Waals surface area contributed by atoms with Gasteiger partial charge in [-0.3, -0.25) is 4.79 Å². The second kappa shape index (κ2) is 4.45. The predicted molar refractivity (Wildman–Crippen MR) is 60.7 cm³/mol. The molecule has 1 aromatic rings. The van der Waals surface area contributed by atoms with Crippen LogP contribution < -0.4 is 9.80 Å². The van der Waals surface area contributed by atoms with E-state index in [2.05, 4.69) is 18.0 Å². The first-order valence-electron chi connectivity index (χ1n) is 5.41. The van der Waals surface area contributed by atoms with Crippen LogP contribution in [0.1, 0.15) is 10.4 Å². The highest BCUT2D eigenvalue weighted by Crippen LogP contribution is 2.14. The van der Waals surface area contributed by atoms with Crippen LogP contribution in [0, 0.1) is 0 Å². The molecule has 0 radical (unpaired) electrons. The quantitative estimate of drug-likeness (QED) is 0.678. The number of likely N-dealkylation sites (N-methyl/N-ethyl adjacent to an activating group) is 1. The minimum Gasteiger partial charge on any atom is -0.360 e. The third-order valence-corrected chi connectivity index (χ3v) is 2.99. The predicted octanol–water partition coefficient (Wildman–Crippen LogP) is -0.166. The number of piperazine rings is 1. The smallest absolute Gasteiger partial charge is 0.150 e. The molecule has 1 saturated heterocycles. The monoisotopic (exact) mass is 205 g/mol. The molecule has 2 rings (SSSR count). The minimum absolute atomic E-state index is 0.763. The molecule has 0 aromatic heterocycles. The zero-order valence-corrected chi connectivity index (χ0v) is 9.07. The van der Waals surface area contributed by atoms with Gasteiger partial charge in [-0.2, -0.15) is 0 Å². The molecule has 15 heavy (non-hydrogen) atoms. The van der Waals surface area contributed by atoms with Gasteiger partial charge in [0.25, 0.3) is 0 Å². The number of carbonyl (C=O) groups is 1. The van der Waals surface area contributed by atoms with Gasteiger partial charge in [0.2, 0.25) is 0 Å². The first kappa shape index (κ1) is 10.2. The fraction of sp³-hybridized carbons (Fsp3) is 0.417. The maximum absolute atomic E-state index is 10.7. The summed E-state index contributed by atoms with van der Waals surface area (Å²) in [6.45, 7) is 4.50. The zero-order valence-electron chi connectivity index (χ0n) is 9.07. The molecule has 0 bridgehead atoms. The van der Waals surface area contributed by atoms with Gasteiger partial charge in [0.15, 0.2) is 0 Å². The van der Waals surface area contributed by atoms with Gasteiger partial charge < -0.3 is 9.80 Å². The summed E-state index contributed by atoms with van der Waals surface area (Å²) < 4.78 is 0. The molecule has 0 aliphatic carbocycles. The van der Waals surface area contributed by atoms with Gasteiger partial charge in [-0.25, -0.2) is 0 Å². The van der Waals surface area contributed by atoms with Crippen LogP contribution in [-0.2, 0) is 0 Å². The average molecular weight is 205 g/mol. The van der Waals surface area contributed by atoms with Gasteiger partial charge >= 0.3 is 0 Å². The molecule has 0 amide bonds. The van der Waals surface area contributed by atoms with Gasteiger partial charge in [0.05, 0.1) is 33.2 Å². The molecule has 1 N–H and O–H groups in total. The first-order chi connectivity index (χ1) is 7.29. The molecule has 1 aliphatic rings. The molecule has 1 aromatic carbocycles. The molecule has 3 nitrogen and oxygen atoms in total. The second-order valence-corrected chi connectivity index (χ2v) is 4.16. The van der Waals surface area contributed by atoms with Crippen molar-refractivity contribution in [1.82, 2.24) is 0 Å². The number of nitrogens with one attached hydrogen (secondary N) is 1. The molecule has 3 heteroatoms. The van der Waals surface area contributed by atoms with Gasteiger partial charge in [-0.05, 0) is 12.1 Å². The van der Waals surface area contributed by atoms with Crippen LogP contribution in [0.4, 0.5) is 5.69 Å². The van der Waals surface area contributed by atoms with Crippen molar-refractivity contribution in [2.45, 2.75) is 0 Å². The van der Waals surface area contributed by atoms with Crippen LogP contribution in [0.25, 0.3) is 0 Å². The van der Waals surface area contributed by atoms with E-state index < -0.39 is 0 Å². The summed E-state index contributed by atoms with van der Waals surface area (Å²) in [6.07, 6.45) is 0.908. The largest absolute Gasteiger partial charge is 0.360 e. The third kappa shape index (κ3) is 2.36. The molecule has 0 atom stereocenters. The molecule has 0 unspecified atom stereocenters. The van der Waals surface area contributed by atoms with Gasteiger partial charge in [-0.1, -0.05) is 12.1 Å². The fourth-order valence-corrected chi connectivity index (χ4v) is 1.94. The molecular formula is C12H17N2O+. The molecule has 1 fully saturated rings. The SMILES string of the molecule is C[NH+]1CCN(c2cccc(C=O)c2)CC1. The number of hydrogen-bond donors (Lipinski definition) is 1. The second-order valence-electron chi connectivity index (χ2n) is 4.16. The average Bonchev–Trinajstić information content (AvgIpc) is 2.30. The van der Waals surface area contributed by atoms with Gasteiger partial charge in [-0.15, -0.1) is 0 Å². The normalized spacial score (nSPS) is 17.8. The first-order valence-corrected chi connectivity index (χ1v) is 5.41. The molecule has 0 saturated carbocycles. The van der Waals surface area contributed by atoms with Crippen molar-refractivity contribution in [3.63, 3.8) is 0 Å². The summed E-state index contributed by atoms with van der Waals surface area (Å²) in [7, 11) is 2.22. The summed E-state index contributed by atoms with van der Waals surface area (Å²) in [6, 6.07) is 7.84. The lowest BCUT2D eigenvalue weighted by Gasteiger charge is -2.31. The lowest BCUT2D eigenvalue weighted by molar-refractivity contribution is -0.880. The third-order valence-electron chi connectivity index (χ3n) is 2.99. The summed E-state index contributed by atoms with van der Waals surface area (Å²) in [5, 5.41) is 0. The van der Waals surface area contributed by atoms with Crippen LogP contribution in [0.2, 0.25) is 0 Å². The van der Waals surface area contributed by atoms with Crippen LogP contribution in [0.3, 0.4) is 0 Å². The molecular weight excluding hydrogens is 188 g/mol. The lowest BCUT2D eigenvalue weighted by atomic mass is 10.2. The maximum Gasteiger partial charge on any atom is 0.150 e. The number of hydrogen-bond acceptors (Lipinski definition) is 2. The maximum atomic E-state index is 10.7. The van der Waals surface area contributed by atoms with E-state index in [1.165, 1.54) is 18.8 Å².